The van der Waals surface area contributed by atoms with Gasteiger partial charge in [0.15, 0.2) is 6.29 Å². The van der Waals surface area contributed by atoms with Crippen molar-refractivity contribution in [3.05, 3.63) is 0 Å². The molecule has 6 N–H and O–H groups in total. The van der Waals surface area contributed by atoms with E-state index in [1.165, 1.54) is 0 Å². The lowest BCUT2D eigenvalue weighted by Crippen LogP contribution is -2.64. The Morgan fingerprint density at radius 1 is 0.808 bits per heavy atom. The highest BCUT2D eigenvalue weighted by Crippen LogP contribution is 2.30. The van der Waals surface area contributed by atoms with Crippen LogP contribution in [-0.4, -0.2) is 111 Å². The van der Waals surface area contributed by atoms with Crippen LogP contribution in [0.1, 0.15) is 20.8 Å². The Bertz CT molecular complexity index is 433. The van der Waals surface area contributed by atoms with Crippen LogP contribution >= 0.6 is 0 Å². The van der Waals surface area contributed by atoms with Crippen LogP contribution in [0.4, 0.5) is 0 Å². The highest BCUT2D eigenvalue weighted by atomic mass is 16.7. The van der Waals surface area contributed by atoms with Gasteiger partial charge in [-0.25, -0.2) is 0 Å². The predicted octanol–water partition coefficient (Wildman–Crippen LogP) is -2.89. The first-order chi connectivity index (χ1) is 12.2. The lowest BCUT2D eigenvalue weighted by atomic mass is 9.95. The van der Waals surface area contributed by atoms with Crippen LogP contribution in [0.15, 0.2) is 0 Å². The molecule has 0 aromatic rings. The van der Waals surface area contributed by atoms with Gasteiger partial charge in [-0.05, 0) is 20.8 Å². The molecular weight excluding hydrogens is 352 g/mol. The van der Waals surface area contributed by atoms with Crippen LogP contribution in [0.5, 0.6) is 0 Å². The Labute approximate surface area is 151 Å². The molecule has 2 aliphatic heterocycles. The van der Waals surface area contributed by atoms with E-state index in [0.717, 1.165) is 0 Å². The van der Waals surface area contributed by atoms with Crippen LogP contribution < -0.4 is 0 Å². The molecule has 2 aliphatic rings. The van der Waals surface area contributed by atoms with Crippen molar-refractivity contribution >= 4 is 0 Å². The van der Waals surface area contributed by atoms with Crippen molar-refractivity contribution in [2.75, 3.05) is 13.2 Å². The van der Waals surface area contributed by atoms with E-state index in [9.17, 15) is 30.6 Å². The average molecular weight is 382 g/mol. The van der Waals surface area contributed by atoms with E-state index in [1.54, 1.807) is 20.8 Å². The van der Waals surface area contributed by atoms with E-state index in [2.05, 4.69) is 0 Å². The molecule has 0 saturated carbocycles. The summed E-state index contributed by atoms with van der Waals surface area (Å²) < 4.78 is 21.9. The third kappa shape index (κ3) is 4.53. The molecule has 0 aliphatic carbocycles. The van der Waals surface area contributed by atoms with Gasteiger partial charge in [0, 0.05) is 0 Å². The van der Waals surface area contributed by atoms with Gasteiger partial charge in [0.1, 0.15) is 48.8 Å². The third-order valence-corrected chi connectivity index (χ3v) is 4.65. The second-order valence-electron chi connectivity index (χ2n) is 7.00. The van der Waals surface area contributed by atoms with Gasteiger partial charge in [0.25, 0.3) is 0 Å². The summed E-state index contributed by atoms with van der Waals surface area (Å²) in [5.74, 6) is 0. The largest absolute Gasteiger partial charge is 0.394 e. The zero-order chi connectivity index (χ0) is 19.6. The minimum atomic E-state index is -1.43. The van der Waals surface area contributed by atoms with Gasteiger partial charge in [-0.1, -0.05) is 0 Å². The molecule has 10 heteroatoms. The molecule has 2 rings (SSSR count). The topological polar surface area (TPSA) is 158 Å². The fourth-order valence-corrected chi connectivity index (χ4v) is 3.24. The molecule has 154 valence electrons. The number of hydrogen-bond donors (Lipinski definition) is 6. The van der Waals surface area contributed by atoms with Gasteiger partial charge in [0.2, 0.25) is 0 Å². The van der Waals surface area contributed by atoms with E-state index >= 15 is 0 Å². The van der Waals surface area contributed by atoms with E-state index in [0.29, 0.717) is 0 Å². The van der Waals surface area contributed by atoms with Gasteiger partial charge >= 0.3 is 0 Å². The Hall–Kier alpha value is -0.400. The van der Waals surface area contributed by atoms with Gasteiger partial charge in [-0.3, -0.25) is 0 Å². The quantitative estimate of drug-likeness (QED) is 0.281. The van der Waals surface area contributed by atoms with Crippen molar-refractivity contribution in [2.45, 2.75) is 88.1 Å². The van der Waals surface area contributed by atoms with Crippen molar-refractivity contribution < 1.29 is 49.6 Å². The zero-order valence-corrected chi connectivity index (χ0v) is 15.1. The Balaban J connectivity index is 2.17. The number of aliphatic hydroxyl groups excluding tert-OH is 6. The second kappa shape index (κ2) is 9.20. The maximum Gasteiger partial charge on any atom is 0.187 e. The van der Waals surface area contributed by atoms with E-state index < -0.39 is 74.4 Å². The fraction of sp³-hybridized carbons (Fsp3) is 1.00. The molecule has 0 spiro atoms. The molecular formula is C16H30O10. The van der Waals surface area contributed by atoms with Crippen LogP contribution in [0.3, 0.4) is 0 Å². The summed E-state index contributed by atoms with van der Waals surface area (Å²) in [5, 5.41) is 59.9. The molecule has 0 aromatic carbocycles. The molecule has 0 aromatic heterocycles. The van der Waals surface area contributed by atoms with Crippen molar-refractivity contribution in [1.29, 1.82) is 0 Å². The molecule has 5 unspecified atom stereocenters. The normalized spacial score (nSPS) is 47.3. The minimum Gasteiger partial charge on any atom is -0.394 e. The van der Waals surface area contributed by atoms with Gasteiger partial charge in [-0.15, -0.1) is 0 Å². The maximum atomic E-state index is 10.5. The summed E-state index contributed by atoms with van der Waals surface area (Å²) in [7, 11) is 0. The highest BCUT2D eigenvalue weighted by molar-refractivity contribution is 4.95. The lowest BCUT2D eigenvalue weighted by molar-refractivity contribution is -0.346. The Morgan fingerprint density at radius 3 is 1.96 bits per heavy atom. The van der Waals surface area contributed by atoms with Crippen LogP contribution in [-0.2, 0) is 18.9 Å². The van der Waals surface area contributed by atoms with Crippen molar-refractivity contribution in [1.82, 2.24) is 0 Å². The molecule has 10 nitrogen and oxygen atoms in total. The summed E-state index contributed by atoms with van der Waals surface area (Å²) in [6.45, 7) is 3.95. The smallest absolute Gasteiger partial charge is 0.187 e. The van der Waals surface area contributed by atoms with Crippen molar-refractivity contribution in [3.8, 4) is 0 Å². The zero-order valence-electron chi connectivity index (χ0n) is 15.1. The summed E-state index contributed by atoms with van der Waals surface area (Å²) >= 11 is 0. The first kappa shape index (κ1) is 21.9. The SMILES string of the molecule is CC(C)O[C@@H]1C(O)[C@H](O[C@@H]2C(CO)OC(C)C(O)[C@H]2O)OC(CO)[C@@H]1O. The van der Waals surface area contributed by atoms with Crippen molar-refractivity contribution in [2.24, 2.45) is 0 Å². The molecule has 0 radical (unpaired) electrons. The van der Waals surface area contributed by atoms with E-state index in [1.807, 2.05) is 0 Å². The average Bonchev–Trinajstić information content (AvgIpc) is 2.60. The molecule has 2 fully saturated rings. The molecule has 10 atom stereocenters. The number of ether oxygens (including phenoxy) is 4. The summed E-state index contributed by atoms with van der Waals surface area (Å²) in [4.78, 5) is 0. The lowest BCUT2D eigenvalue weighted by Gasteiger charge is -2.46. The monoisotopic (exact) mass is 382 g/mol. The van der Waals surface area contributed by atoms with Crippen molar-refractivity contribution in [3.63, 3.8) is 0 Å². The first-order valence-corrected chi connectivity index (χ1v) is 8.77. The molecule has 2 saturated heterocycles. The number of hydrogen-bond acceptors (Lipinski definition) is 10. The maximum absolute atomic E-state index is 10.5. The Morgan fingerprint density at radius 2 is 1.42 bits per heavy atom. The Kier molecular flexibility index (Phi) is 7.74. The molecule has 0 amide bonds. The summed E-state index contributed by atoms with van der Waals surface area (Å²) in [6, 6.07) is 0. The highest BCUT2D eigenvalue weighted by Gasteiger charge is 2.50. The second-order valence-corrected chi connectivity index (χ2v) is 7.00. The fourth-order valence-electron chi connectivity index (χ4n) is 3.24. The van der Waals surface area contributed by atoms with Gasteiger partial charge < -0.3 is 49.6 Å². The standard InChI is InChI=1S/C16H30O10/c1-6(2)23-15-11(20)8(4-17)25-16(13(15)22)26-14-9(5-18)24-7(3)10(19)12(14)21/h6-22H,4-5H2,1-3H3/t7?,8?,9?,10?,11-,12+,13?,14+,15-,16-/m0/s1. The summed E-state index contributed by atoms with van der Waals surface area (Å²) in [6.07, 6.45) is -12.1. The van der Waals surface area contributed by atoms with Crippen LogP contribution in [0.25, 0.3) is 0 Å². The molecule has 2 heterocycles. The van der Waals surface area contributed by atoms with E-state index in [-0.39, 0.29) is 6.10 Å². The minimum absolute atomic E-state index is 0.321. The first-order valence-electron chi connectivity index (χ1n) is 8.77. The van der Waals surface area contributed by atoms with Crippen LogP contribution in [0, 0.1) is 0 Å². The summed E-state index contributed by atoms with van der Waals surface area (Å²) in [5.41, 5.74) is 0. The van der Waals surface area contributed by atoms with Gasteiger partial charge in [0.05, 0.1) is 25.4 Å². The predicted molar refractivity (Wildman–Crippen MR) is 86.1 cm³/mol. The van der Waals surface area contributed by atoms with Crippen LogP contribution in [0.2, 0.25) is 0 Å². The number of aliphatic hydroxyl groups is 6. The molecule has 0 bridgehead atoms. The van der Waals surface area contributed by atoms with E-state index in [4.69, 9.17) is 18.9 Å². The van der Waals surface area contributed by atoms with Gasteiger partial charge in [-0.2, -0.15) is 0 Å². The number of rotatable bonds is 6. The third-order valence-electron chi connectivity index (χ3n) is 4.65. The molecule has 26 heavy (non-hydrogen) atoms.